The van der Waals surface area contributed by atoms with Gasteiger partial charge in [-0.3, -0.25) is 10.2 Å². The van der Waals surface area contributed by atoms with Gasteiger partial charge in [0.25, 0.3) is 0 Å². The van der Waals surface area contributed by atoms with Crippen LogP contribution < -0.4 is 16.6 Å². The zero-order valence-electron chi connectivity index (χ0n) is 15.4. The summed E-state index contributed by atoms with van der Waals surface area (Å²) in [4.78, 5) is 14.7. The van der Waals surface area contributed by atoms with Crippen LogP contribution in [0.25, 0.3) is 11.1 Å². The number of rotatable bonds is 3. The van der Waals surface area contributed by atoms with Gasteiger partial charge in [-0.05, 0) is 36.0 Å². The highest BCUT2D eigenvalue weighted by Crippen LogP contribution is 2.38. The lowest BCUT2D eigenvalue weighted by atomic mass is 9.84. The third-order valence-corrected chi connectivity index (χ3v) is 6.39. The highest BCUT2D eigenvalue weighted by Gasteiger charge is 2.50. The lowest BCUT2D eigenvalue weighted by Crippen LogP contribution is -2.53. The summed E-state index contributed by atoms with van der Waals surface area (Å²) < 4.78 is 0. The Kier molecular flexibility index (Phi) is 4.04. The smallest absolute Gasteiger partial charge is 0.242 e. The molecule has 5 heteroatoms. The summed E-state index contributed by atoms with van der Waals surface area (Å²) in [5.74, 6) is 0.513. The quantitative estimate of drug-likeness (QED) is 0.783. The number of hydrogen-bond acceptors (Lipinski definition) is 4. The highest BCUT2D eigenvalue weighted by molar-refractivity contribution is 5.89. The van der Waals surface area contributed by atoms with Gasteiger partial charge in [-0.15, -0.1) is 0 Å². The Morgan fingerprint density at radius 2 is 1.70 bits per heavy atom. The van der Waals surface area contributed by atoms with Crippen LogP contribution >= 0.6 is 0 Å². The van der Waals surface area contributed by atoms with Gasteiger partial charge in [0, 0.05) is 25.0 Å². The van der Waals surface area contributed by atoms with E-state index in [2.05, 4.69) is 59.4 Å². The van der Waals surface area contributed by atoms with Crippen LogP contribution in [-0.2, 0) is 4.79 Å². The van der Waals surface area contributed by atoms with Crippen LogP contribution in [0.1, 0.15) is 30.9 Å². The Labute approximate surface area is 159 Å². The summed E-state index contributed by atoms with van der Waals surface area (Å²) in [6.07, 6.45) is 2.63. The topological polar surface area (TPSA) is 70.4 Å². The standard InChI is InChI=1S/C22H26N4O/c23-22(11-12-22)21(27)26-13-10-19-18(14-26)20(25-24-19)17-8-6-16(7-9-17)15-4-2-1-3-5-15/h1-9,18-20,24-25H,10-14,23H2. The van der Waals surface area contributed by atoms with Crippen LogP contribution in [-0.4, -0.2) is 35.5 Å². The minimum absolute atomic E-state index is 0.144. The van der Waals surface area contributed by atoms with E-state index >= 15 is 0 Å². The van der Waals surface area contributed by atoms with E-state index in [1.54, 1.807) is 0 Å². The molecule has 3 atom stereocenters. The lowest BCUT2D eigenvalue weighted by molar-refractivity contribution is -0.135. The molecule has 2 aromatic rings. The fraction of sp³-hybridized carbons (Fsp3) is 0.409. The maximum atomic E-state index is 12.7. The number of piperidine rings is 1. The van der Waals surface area contributed by atoms with Gasteiger partial charge >= 0.3 is 0 Å². The van der Waals surface area contributed by atoms with Gasteiger partial charge in [0.05, 0.1) is 11.6 Å². The fourth-order valence-corrected chi connectivity index (χ4v) is 4.49. The summed E-state index contributed by atoms with van der Waals surface area (Å²) in [6.45, 7) is 1.57. The molecule has 5 rings (SSSR count). The van der Waals surface area contributed by atoms with Crippen molar-refractivity contribution in [1.82, 2.24) is 15.8 Å². The minimum Gasteiger partial charge on any atom is -0.341 e. The van der Waals surface area contributed by atoms with Gasteiger partial charge < -0.3 is 10.6 Å². The summed E-state index contributed by atoms with van der Waals surface area (Å²) in [5.41, 5.74) is 16.2. The van der Waals surface area contributed by atoms with E-state index in [1.165, 1.54) is 16.7 Å². The Bertz CT molecular complexity index is 831. The molecular formula is C22H26N4O. The van der Waals surface area contributed by atoms with Crippen molar-refractivity contribution < 1.29 is 4.79 Å². The van der Waals surface area contributed by atoms with Crippen LogP contribution in [0.5, 0.6) is 0 Å². The van der Waals surface area contributed by atoms with Crippen molar-refractivity contribution in [3.05, 3.63) is 60.2 Å². The molecule has 0 radical (unpaired) electrons. The van der Waals surface area contributed by atoms with Crippen molar-refractivity contribution in [2.24, 2.45) is 11.7 Å². The number of carbonyl (C=O) groups is 1. The fourth-order valence-electron chi connectivity index (χ4n) is 4.49. The monoisotopic (exact) mass is 362 g/mol. The van der Waals surface area contributed by atoms with Gasteiger partial charge in [0.2, 0.25) is 5.91 Å². The molecule has 3 aliphatic rings. The molecule has 5 nitrogen and oxygen atoms in total. The van der Waals surface area contributed by atoms with E-state index in [9.17, 15) is 4.79 Å². The molecule has 3 fully saturated rings. The first-order valence-electron chi connectivity index (χ1n) is 9.89. The summed E-state index contributed by atoms with van der Waals surface area (Å²) in [5, 5.41) is 0. The van der Waals surface area contributed by atoms with Gasteiger partial charge in [-0.2, -0.15) is 0 Å². The SMILES string of the molecule is NC1(C(=O)N2CCC3NNC(c4ccc(-c5ccccc5)cc4)C3C2)CC1. The average molecular weight is 362 g/mol. The number of fused-ring (bicyclic) bond motifs is 1. The molecule has 27 heavy (non-hydrogen) atoms. The summed E-state index contributed by atoms with van der Waals surface area (Å²) in [6, 6.07) is 19.8. The second kappa shape index (κ2) is 6.44. The molecule has 2 heterocycles. The predicted molar refractivity (Wildman–Crippen MR) is 106 cm³/mol. The Morgan fingerprint density at radius 3 is 2.41 bits per heavy atom. The molecule has 1 saturated carbocycles. The third kappa shape index (κ3) is 3.06. The van der Waals surface area contributed by atoms with Gasteiger partial charge in [-0.1, -0.05) is 54.6 Å². The molecule has 4 N–H and O–H groups in total. The maximum absolute atomic E-state index is 12.7. The van der Waals surface area contributed by atoms with E-state index in [1.807, 2.05) is 11.0 Å². The molecule has 0 aromatic heterocycles. The van der Waals surface area contributed by atoms with Crippen molar-refractivity contribution in [1.29, 1.82) is 0 Å². The first kappa shape index (κ1) is 16.9. The highest BCUT2D eigenvalue weighted by atomic mass is 16.2. The van der Waals surface area contributed by atoms with E-state index in [0.717, 1.165) is 32.4 Å². The zero-order chi connectivity index (χ0) is 18.4. The maximum Gasteiger partial charge on any atom is 0.242 e. The first-order chi connectivity index (χ1) is 13.1. The Balaban J connectivity index is 1.34. The third-order valence-electron chi connectivity index (χ3n) is 6.39. The Morgan fingerprint density at radius 1 is 1.00 bits per heavy atom. The van der Waals surface area contributed by atoms with E-state index < -0.39 is 5.54 Å². The number of hydrazine groups is 1. The van der Waals surface area contributed by atoms with Crippen molar-refractivity contribution in [3.63, 3.8) is 0 Å². The molecule has 140 valence electrons. The molecule has 2 saturated heterocycles. The number of hydrogen-bond donors (Lipinski definition) is 3. The Hall–Kier alpha value is -2.21. The van der Waals surface area contributed by atoms with Crippen molar-refractivity contribution in [2.75, 3.05) is 13.1 Å². The number of nitrogens with zero attached hydrogens (tertiary/aromatic N) is 1. The van der Waals surface area contributed by atoms with Crippen LogP contribution in [0.2, 0.25) is 0 Å². The second-order valence-electron chi connectivity index (χ2n) is 8.22. The molecule has 3 unspecified atom stereocenters. The first-order valence-corrected chi connectivity index (χ1v) is 9.89. The zero-order valence-corrected chi connectivity index (χ0v) is 15.4. The normalized spacial score (nSPS) is 28.6. The van der Waals surface area contributed by atoms with E-state index in [-0.39, 0.29) is 11.9 Å². The van der Waals surface area contributed by atoms with Crippen LogP contribution in [0.3, 0.4) is 0 Å². The minimum atomic E-state index is -0.570. The average Bonchev–Trinajstić information content (AvgIpc) is 3.34. The second-order valence-corrected chi connectivity index (χ2v) is 8.22. The number of nitrogens with one attached hydrogen (secondary N) is 2. The number of benzene rings is 2. The molecule has 1 aliphatic carbocycles. The van der Waals surface area contributed by atoms with Gasteiger partial charge in [0.15, 0.2) is 0 Å². The molecule has 0 spiro atoms. The van der Waals surface area contributed by atoms with Gasteiger partial charge in [-0.25, -0.2) is 5.43 Å². The summed E-state index contributed by atoms with van der Waals surface area (Å²) in [7, 11) is 0. The summed E-state index contributed by atoms with van der Waals surface area (Å²) >= 11 is 0. The van der Waals surface area contributed by atoms with E-state index in [0.29, 0.717) is 12.0 Å². The largest absolute Gasteiger partial charge is 0.341 e. The molecular weight excluding hydrogens is 336 g/mol. The number of likely N-dealkylation sites (tertiary alicyclic amines) is 1. The van der Waals surface area contributed by atoms with Gasteiger partial charge in [0.1, 0.15) is 0 Å². The van der Waals surface area contributed by atoms with Crippen molar-refractivity contribution in [3.8, 4) is 11.1 Å². The molecule has 1 amide bonds. The molecule has 2 aromatic carbocycles. The number of amides is 1. The van der Waals surface area contributed by atoms with Crippen molar-refractivity contribution in [2.45, 2.75) is 36.9 Å². The van der Waals surface area contributed by atoms with Crippen LogP contribution in [0.15, 0.2) is 54.6 Å². The van der Waals surface area contributed by atoms with E-state index in [4.69, 9.17) is 5.73 Å². The van der Waals surface area contributed by atoms with Crippen molar-refractivity contribution >= 4 is 5.91 Å². The molecule has 0 bridgehead atoms. The molecule has 2 aliphatic heterocycles. The lowest BCUT2D eigenvalue weighted by Gasteiger charge is -2.37. The van der Waals surface area contributed by atoms with Crippen LogP contribution in [0, 0.1) is 5.92 Å². The number of carbonyl (C=O) groups excluding carboxylic acids is 1. The number of nitrogens with two attached hydrogens (primary N) is 1. The van der Waals surface area contributed by atoms with Crippen LogP contribution in [0.4, 0.5) is 0 Å². The predicted octanol–water partition coefficient (Wildman–Crippen LogP) is 2.21.